The van der Waals surface area contributed by atoms with Crippen LogP contribution in [0, 0.1) is 6.92 Å². The summed E-state index contributed by atoms with van der Waals surface area (Å²) >= 11 is 12.1. The minimum Gasteiger partial charge on any atom is -0.352 e. The van der Waals surface area contributed by atoms with Crippen LogP contribution in [-0.2, 0) is 26.2 Å². The maximum atomic E-state index is 13.5. The van der Waals surface area contributed by atoms with E-state index in [0.29, 0.717) is 0 Å². The van der Waals surface area contributed by atoms with Gasteiger partial charge >= 0.3 is 0 Å². The number of aryl methyl sites for hydroxylation is 1. The van der Waals surface area contributed by atoms with Crippen LogP contribution in [0.2, 0.25) is 10.0 Å². The predicted octanol–water partition coefficient (Wildman–Crippen LogP) is 4.01. The van der Waals surface area contributed by atoms with Gasteiger partial charge in [-0.15, -0.1) is 0 Å². The molecule has 0 heterocycles. The largest absolute Gasteiger partial charge is 0.352 e. The van der Waals surface area contributed by atoms with E-state index in [1.54, 1.807) is 6.92 Å². The third-order valence-electron chi connectivity index (χ3n) is 5.01. The molecule has 1 N–H and O–H groups in total. The molecule has 2 aromatic carbocycles. The van der Waals surface area contributed by atoms with Gasteiger partial charge in [-0.05, 0) is 57.0 Å². The van der Waals surface area contributed by atoms with Crippen molar-refractivity contribution in [2.45, 2.75) is 46.3 Å². The number of hydrogen-bond acceptors (Lipinski definition) is 4. The van der Waals surface area contributed by atoms with Crippen LogP contribution in [0.1, 0.15) is 31.9 Å². The molecule has 2 rings (SSSR count). The van der Waals surface area contributed by atoms with Crippen molar-refractivity contribution in [3.63, 3.8) is 0 Å². The number of sulfonamides is 1. The van der Waals surface area contributed by atoms with Crippen LogP contribution >= 0.6 is 23.2 Å². The molecule has 0 spiro atoms. The number of carbonyl (C=O) groups is 2. The Hall–Kier alpha value is -2.29. The topological polar surface area (TPSA) is 86.8 Å². The van der Waals surface area contributed by atoms with Crippen molar-refractivity contribution >= 4 is 50.7 Å². The number of carbonyl (C=O) groups excluding carboxylic acids is 2. The Morgan fingerprint density at radius 3 is 2.12 bits per heavy atom. The van der Waals surface area contributed by atoms with Gasteiger partial charge in [-0.2, -0.15) is 0 Å². The number of nitrogens with one attached hydrogen (secondary N) is 1. The zero-order valence-corrected chi connectivity index (χ0v) is 21.6. The first-order valence-corrected chi connectivity index (χ1v) is 13.0. The molecular weight excluding hydrogens is 485 g/mol. The molecule has 0 fully saturated rings. The normalized spacial score (nSPS) is 12.4. The highest BCUT2D eigenvalue weighted by molar-refractivity contribution is 7.92. The SMILES string of the molecule is Cc1ccccc1CN(C(=O)CN(c1cc(Cl)cc(Cl)c1)S(C)(=O)=O)[C@H](C)C(=O)NC(C)C. The van der Waals surface area contributed by atoms with Crippen molar-refractivity contribution in [2.24, 2.45) is 0 Å². The van der Waals surface area contributed by atoms with Crippen molar-refractivity contribution in [1.29, 1.82) is 0 Å². The van der Waals surface area contributed by atoms with Crippen LogP contribution in [0.25, 0.3) is 0 Å². The number of hydrogen-bond donors (Lipinski definition) is 1. The molecule has 0 unspecified atom stereocenters. The molecule has 180 valence electrons. The summed E-state index contributed by atoms with van der Waals surface area (Å²) in [5.74, 6) is -0.866. The van der Waals surface area contributed by atoms with Gasteiger partial charge in [0.1, 0.15) is 12.6 Å². The van der Waals surface area contributed by atoms with Crippen molar-refractivity contribution in [2.75, 3.05) is 17.1 Å². The van der Waals surface area contributed by atoms with Gasteiger partial charge in [-0.3, -0.25) is 13.9 Å². The average Bonchev–Trinajstić information content (AvgIpc) is 2.68. The summed E-state index contributed by atoms with van der Waals surface area (Å²) in [6, 6.07) is 10.9. The lowest BCUT2D eigenvalue weighted by molar-refractivity contribution is -0.139. The molecular formula is C23H29Cl2N3O4S. The first-order valence-electron chi connectivity index (χ1n) is 10.4. The second kappa shape index (κ2) is 11.2. The fraction of sp³-hybridized carbons (Fsp3) is 0.391. The quantitative estimate of drug-likeness (QED) is 0.548. The van der Waals surface area contributed by atoms with E-state index < -0.39 is 28.5 Å². The Bertz CT molecular complexity index is 1100. The number of nitrogens with zero attached hydrogens (tertiary/aromatic N) is 2. The van der Waals surface area contributed by atoms with Crippen LogP contribution in [0.3, 0.4) is 0 Å². The van der Waals surface area contributed by atoms with Crippen molar-refractivity contribution in [3.05, 3.63) is 63.6 Å². The lowest BCUT2D eigenvalue weighted by atomic mass is 10.1. The zero-order chi connectivity index (χ0) is 24.9. The van der Waals surface area contributed by atoms with Crippen LogP contribution in [0.5, 0.6) is 0 Å². The molecule has 0 aliphatic heterocycles. The third kappa shape index (κ3) is 7.62. The van der Waals surface area contributed by atoms with Gasteiger partial charge < -0.3 is 10.2 Å². The van der Waals surface area contributed by atoms with E-state index in [9.17, 15) is 18.0 Å². The standard InChI is InChI=1S/C23H29Cl2N3O4S/c1-15(2)26-23(30)17(4)27(13-18-9-7-6-8-16(18)3)22(29)14-28(33(5,31)32)21-11-19(24)10-20(25)12-21/h6-12,15,17H,13-14H2,1-5H3,(H,26,30)/t17-/m1/s1. The van der Waals surface area contributed by atoms with E-state index in [-0.39, 0.29) is 34.2 Å². The summed E-state index contributed by atoms with van der Waals surface area (Å²) < 4.78 is 26.1. The third-order valence-corrected chi connectivity index (χ3v) is 6.59. The number of benzene rings is 2. The molecule has 0 radical (unpaired) electrons. The lowest BCUT2D eigenvalue weighted by Crippen LogP contribution is -2.52. The highest BCUT2D eigenvalue weighted by atomic mass is 35.5. The monoisotopic (exact) mass is 513 g/mol. The highest BCUT2D eigenvalue weighted by Gasteiger charge is 2.30. The second-order valence-corrected chi connectivity index (χ2v) is 11.0. The van der Waals surface area contributed by atoms with Crippen LogP contribution in [0.4, 0.5) is 5.69 Å². The summed E-state index contributed by atoms with van der Waals surface area (Å²) in [6.45, 7) is 6.81. The first kappa shape index (κ1) is 27.0. The summed E-state index contributed by atoms with van der Waals surface area (Å²) in [5.41, 5.74) is 1.97. The van der Waals surface area contributed by atoms with E-state index in [1.807, 2.05) is 45.0 Å². The van der Waals surface area contributed by atoms with Crippen LogP contribution < -0.4 is 9.62 Å². The average molecular weight is 514 g/mol. The summed E-state index contributed by atoms with van der Waals surface area (Å²) in [4.78, 5) is 27.6. The first-order chi connectivity index (χ1) is 15.3. The molecule has 0 bridgehead atoms. The number of rotatable bonds is 9. The molecule has 0 aliphatic carbocycles. The Morgan fingerprint density at radius 1 is 1.03 bits per heavy atom. The number of amides is 2. The van der Waals surface area contributed by atoms with Gasteiger partial charge in [0.05, 0.1) is 11.9 Å². The summed E-state index contributed by atoms with van der Waals surface area (Å²) in [5, 5.41) is 3.28. The van der Waals surface area contributed by atoms with Crippen LogP contribution in [-0.4, -0.2) is 50.0 Å². The molecule has 10 heteroatoms. The molecule has 2 amide bonds. The van der Waals surface area contributed by atoms with E-state index in [2.05, 4.69) is 5.32 Å². The number of halogens is 2. The Balaban J connectivity index is 2.44. The zero-order valence-electron chi connectivity index (χ0n) is 19.3. The van der Waals surface area contributed by atoms with Crippen molar-refractivity contribution in [1.82, 2.24) is 10.2 Å². The van der Waals surface area contributed by atoms with Crippen molar-refractivity contribution in [3.8, 4) is 0 Å². The fourth-order valence-electron chi connectivity index (χ4n) is 3.26. The molecule has 0 aromatic heterocycles. The summed E-state index contributed by atoms with van der Waals surface area (Å²) in [6.07, 6.45) is 0.996. The van der Waals surface area contributed by atoms with E-state index in [4.69, 9.17) is 23.2 Å². The maximum Gasteiger partial charge on any atom is 0.244 e. The van der Waals surface area contributed by atoms with Crippen LogP contribution in [0.15, 0.2) is 42.5 Å². The minimum atomic E-state index is -3.86. The molecule has 33 heavy (non-hydrogen) atoms. The number of anilines is 1. The highest BCUT2D eigenvalue weighted by Crippen LogP contribution is 2.27. The molecule has 0 saturated heterocycles. The van der Waals surface area contributed by atoms with Gasteiger partial charge in [-0.25, -0.2) is 8.42 Å². The predicted molar refractivity (Wildman–Crippen MR) is 133 cm³/mol. The molecule has 7 nitrogen and oxygen atoms in total. The van der Waals surface area contributed by atoms with Gasteiger partial charge in [0.2, 0.25) is 21.8 Å². The fourth-order valence-corrected chi connectivity index (χ4v) is 4.60. The summed E-state index contributed by atoms with van der Waals surface area (Å²) in [7, 11) is -3.86. The molecule has 0 saturated carbocycles. The van der Waals surface area contributed by atoms with E-state index in [1.165, 1.54) is 23.1 Å². The van der Waals surface area contributed by atoms with Gasteiger partial charge in [0, 0.05) is 22.6 Å². The molecule has 2 aromatic rings. The van der Waals surface area contributed by atoms with Gasteiger partial charge in [0.25, 0.3) is 0 Å². The smallest absolute Gasteiger partial charge is 0.244 e. The minimum absolute atomic E-state index is 0.114. The van der Waals surface area contributed by atoms with Gasteiger partial charge in [0.15, 0.2) is 0 Å². The lowest BCUT2D eigenvalue weighted by Gasteiger charge is -2.32. The van der Waals surface area contributed by atoms with Crippen molar-refractivity contribution < 1.29 is 18.0 Å². The second-order valence-electron chi connectivity index (χ2n) is 8.18. The van der Waals surface area contributed by atoms with Gasteiger partial charge in [-0.1, -0.05) is 47.5 Å². The molecule has 0 aliphatic rings. The maximum absolute atomic E-state index is 13.5. The Kier molecular flexibility index (Phi) is 9.17. The Morgan fingerprint density at radius 2 is 1.61 bits per heavy atom. The Labute approximate surface area is 205 Å². The van der Waals surface area contributed by atoms with E-state index in [0.717, 1.165) is 21.7 Å². The van der Waals surface area contributed by atoms with E-state index >= 15 is 0 Å². The molecule has 1 atom stereocenters.